The van der Waals surface area contributed by atoms with Crippen molar-refractivity contribution < 1.29 is 14.4 Å². The lowest BCUT2D eigenvalue weighted by Gasteiger charge is -2.20. The van der Waals surface area contributed by atoms with Gasteiger partial charge in [0, 0.05) is 54.9 Å². The lowest BCUT2D eigenvalue weighted by Crippen LogP contribution is -2.28. The minimum absolute atomic E-state index is 0.230. The van der Waals surface area contributed by atoms with Crippen LogP contribution in [-0.4, -0.2) is 38.9 Å². The van der Waals surface area contributed by atoms with Gasteiger partial charge in [0.1, 0.15) is 0 Å². The van der Waals surface area contributed by atoms with Crippen molar-refractivity contribution in [2.75, 3.05) is 35.8 Å². The number of hydrogen-bond donors (Lipinski definition) is 0. The number of carbonyl (C=O) groups excluding carboxylic acids is 3. The van der Waals surface area contributed by atoms with Gasteiger partial charge in [0.25, 0.3) is 17.7 Å². The van der Waals surface area contributed by atoms with Gasteiger partial charge >= 0.3 is 0 Å². The molecule has 150 valence electrons. The van der Waals surface area contributed by atoms with Crippen LogP contribution in [0.1, 0.15) is 31.1 Å². The van der Waals surface area contributed by atoms with E-state index in [1.165, 1.54) is 14.7 Å². The van der Waals surface area contributed by atoms with Crippen molar-refractivity contribution >= 4 is 34.8 Å². The number of fused-ring (bicyclic) bond motifs is 6. The summed E-state index contributed by atoms with van der Waals surface area (Å²) in [6, 6.07) is 20.8. The van der Waals surface area contributed by atoms with E-state index in [1.54, 1.807) is 93.9 Å². The van der Waals surface area contributed by atoms with E-state index in [4.69, 9.17) is 0 Å². The molecular weight excluding hydrogens is 378 g/mol. The SMILES string of the molecule is CN1C(=O)c2cccc(c2)N(C)C(=O)c2cccc(c2)N(C)C(=O)c2cccc1c2. The first-order chi connectivity index (χ1) is 14.4. The highest BCUT2D eigenvalue weighted by Gasteiger charge is 2.21. The summed E-state index contributed by atoms with van der Waals surface area (Å²) in [6.45, 7) is 0. The fraction of sp³-hybridized carbons (Fsp3) is 0.125. The van der Waals surface area contributed by atoms with Crippen LogP contribution in [0.15, 0.2) is 72.8 Å². The van der Waals surface area contributed by atoms with Crippen molar-refractivity contribution in [1.29, 1.82) is 0 Å². The van der Waals surface area contributed by atoms with Gasteiger partial charge in [-0.05, 0) is 54.6 Å². The lowest BCUT2D eigenvalue weighted by atomic mass is 10.1. The summed E-state index contributed by atoms with van der Waals surface area (Å²) in [5.41, 5.74) is 3.18. The average Bonchev–Trinajstić information content (AvgIpc) is 2.80. The molecular formula is C24H21N3O3. The van der Waals surface area contributed by atoms with Gasteiger partial charge in [-0.15, -0.1) is 0 Å². The molecule has 4 rings (SSSR count). The molecule has 6 bridgehead atoms. The monoisotopic (exact) mass is 399 g/mol. The van der Waals surface area contributed by atoms with Crippen molar-refractivity contribution in [3.63, 3.8) is 0 Å². The third-order valence-electron chi connectivity index (χ3n) is 5.36. The van der Waals surface area contributed by atoms with E-state index in [2.05, 4.69) is 0 Å². The Morgan fingerprint density at radius 1 is 0.467 bits per heavy atom. The molecule has 0 saturated heterocycles. The van der Waals surface area contributed by atoms with Crippen molar-refractivity contribution in [2.45, 2.75) is 0 Å². The fourth-order valence-electron chi connectivity index (χ4n) is 3.48. The predicted octanol–water partition coefficient (Wildman–Crippen LogP) is 3.83. The zero-order chi connectivity index (χ0) is 21.4. The maximum Gasteiger partial charge on any atom is 0.258 e. The molecule has 0 radical (unpaired) electrons. The Balaban J connectivity index is 1.92. The van der Waals surface area contributed by atoms with Gasteiger partial charge in [-0.2, -0.15) is 0 Å². The summed E-state index contributed by atoms with van der Waals surface area (Å²) in [5, 5.41) is 0. The van der Waals surface area contributed by atoms with E-state index >= 15 is 0 Å². The summed E-state index contributed by atoms with van der Waals surface area (Å²) < 4.78 is 0. The predicted molar refractivity (Wildman–Crippen MR) is 118 cm³/mol. The lowest BCUT2D eigenvalue weighted by molar-refractivity contribution is 0.0982. The molecule has 0 saturated carbocycles. The van der Waals surface area contributed by atoms with Gasteiger partial charge < -0.3 is 14.7 Å². The molecule has 0 spiro atoms. The van der Waals surface area contributed by atoms with Crippen molar-refractivity contribution in [3.8, 4) is 0 Å². The van der Waals surface area contributed by atoms with E-state index in [9.17, 15) is 14.4 Å². The molecule has 1 aliphatic rings. The normalized spacial score (nSPS) is 14.5. The molecule has 0 atom stereocenters. The number of amides is 3. The van der Waals surface area contributed by atoms with Crippen LogP contribution >= 0.6 is 0 Å². The highest BCUT2D eigenvalue weighted by molar-refractivity contribution is 6.11. The van der Waals surface area contributed by atoms with E-state index < -0.39 is 0 Å². The van der Waals surface area contributed by atoms with Crippen LogP contribution in [0.2, 0.25) is 0 Å². The van der Waals surface area contributed by atoms with Crippen LogP contribution in [0.4, 0.5) is 17.1 Å². The maximum absolute atomic E-state index is 13.1. The molecule has 6 heteroatoms. The molecule has 0 aliphatic carbocycles. The Labute approximate surface area is 174 Å². The van der Waals surface area contributed by atoms with Gasteiger partial charge in [0.15, 0.2) is 0 Å². The van der Waals surface area contributed by atoms with Crippen molar-refractivity contribution in [1.82, 2.24) is 0 Å². The van der Waals surface area contributed by atoms with E-state index in [0.29, 0.717) is 33.8 Å². The fourth-order valence-corrected chi connectivity index (χ4v) is 3.48. The quantitative estimate of drug-likeness (QED) is 0.577. The molecule has 30 heavy (non-hydrogen) atoms. The Kier molecular flexibility index (Phi) is 4.83. The third-order valence-corrected chi connectivity index (χ3v) is 5.36. The van der Waals surface area contributed by atoms with Gasteiger partial charge in [-0.25, -0.2) is 0 Å². The van der Waals surface area contributed by atoms with Crippen LogP contribution in [0.25, 0.3) is 0 Å². The van der Waals surface area contributed by atoms with E-state index in [1.807, 2.05) is 0 Å². The Hall–Kier alpha value is -3.93. The molecule has 0 unspecified atom stereocenters. The Morgan fingerprint density at radius 2 is 0.733 bits per heavy atom. The largest absolute Gasteiger partial charge is 0.311 e. The minimum Gasteiger partial charge on any atom is -0.311 e. The van der Waals surface area contributed by atoms with Crippen molar-refractivity contribution in [2.24, 2.45) is 0 Å². The van der Waals surface area contributed by atoms with Crippen LogP contribution in [0.3, 0.4) is 0 Å². The Bertz CT molecular complexity index is 1030. The highest BCUT2D eigenvalue weighted by Crippen LogP contribution is 2.25. The van der Waals surface area contributed by atoms with Crippen molar-refractivity contribution in [3.05, 3.63) is 89.5 Å². The zero-order valence-corrected chi connectivity index (χ0v) is 17.0. The summed E-state index contributed by atoms with van der Waals surface area (Å²) in [4.78, 5) is 43.7. The van der Waals surface area contributed by atoms with Gasteiger partial charge in [0.05, 0.1) is 0 Å². The second-order valence-corrected chi connectivity index (χ2v) is 7.24. The number of nitrogens with zero attached hydrogens (tertiary/aromatic N) is 3. The molecule has 0 fully saturated rings. The number of anilines is 3. The standard InChI is InChI=1S/C24H21N3O3/c1-25-19-10-4-8-17(13-19)23(29)27(3)21-12-6-9-18(15-21)24(30)26(2)20-11-5-7-16(14-20)22(25)28/h4-15H,1-3H3. The number of carbonyl (C=O) groups is 3. The molecule has 1 aliphatic heterocycles. The molecule has 3 aromatic rings. The molecule has 0 aromatic heterocycles. The minimum atomic E-state index is -0.230. The molecule has 0 N–H and O–H groups in total. The van der Waals surface area contributed by atoms with E-state index in [-0.39, 0.29) is 17.7 Å². The summed E-state index contributed by atoms with van der Waals surface area (Å²) in [5.74, 6) is -0.691. The smallest absolute Gasteiger partial charge is 0.258 e. The molecule has 1 heterocycles. The maximum atomic E-state index is 13.1. The van der Waals surface area contributed by atoms with Crippen LogP contribution in [-0.2, 0) is 0 Å². The topological polar surface area (TPSA) is 60.9 Å². The summed E-state index contributed by atoms with van der Waals surface area (Å²) >= 11 is 0. The first kappa shape index (κ1) is 19.4. The third kappa shape index (κ3) is 3.33. The van der Waals surface area contributed by atoms with Crippen LogP contribution < -0.4 is 14.7 Å². The van der Waals surface area contributed by atoms with E-state index in [0.717, 1.165) is 0 Å². The highest BCUT2D eigenvalue weighted by atomic mass is 16.2. The van der Waals surface area contributed by atoms with Gasteiger partial charge in [0.2, 0.25) is 0 Å². The van der Waals surface area contributed by atoms with Crippen LogP contribution in [0.5, 0.6) is 0 Å². The first-order valence-electron chi connectivity index (χ1n) is 9.51. The zero-order valence-electron chi connectivity index (χ0n) is 17.0. The number of benzene rings is 3. The van der Waals surface area contributed by atoms with Gasteiger partial charge in [-0.3, -0.25) is 14.4 Å². The second-order valence-electron chi connectivity index (χ2n) is 7.24. The molecule has 3 amide bonds. The molecule has 3 aromatic carbocycles. The second kappa shape index (κ2) is 7.48. The summed E-state index contributed by atoms with van der Waals surface area (Å²) in [7, 11) is 5.00. The Morgan fingerprint density at radius 3 is 1.00 bits per heavy atom. The number of rotatable bonds is 0. The number of hydrogen-bond acceptors (Lipinski definition) is 3. The first-order valence-corrected chi connectivity index (χ1v) is 9.51. The van der Waals surface area contributed by atoms with Crippen LogP contribution in [0, 0.1) is 0 Å². The average molecular weight is 399 g/mol. The summed E-state index contributed by atoms with van der Waals surface area (Å²) in [6.07, 6.45) is 0. The molecule has 6 nitrogen and oxygen atoms in total. The van der Waals surface area contributed by atoms with Gasteiger partial charge in [-0.1, -0.05) is 18.2 Å².